The van der Waals surface area contributed by atoms with E-state index in [1.54, 1.807) is 28.6 Å². The molecule has 1 aliphatic rings. The zero-order valence-corrected chi connectivity index (χ0v) is 20.3. The molecule has 0 bridgehead atoms. The van der Waals surface area contributed by atoms with E-state index in [2.05, 4.69) is 15.4 Å². The monoisotopic (exact) mass is 469 g/mol. The Kier molecular flexibility index (Phi) is 6.81. The number of sulfonamides is 1. The van der Waals surface area contributed by atoms with E-state index in [9.17, 15) is 13.2 Å². The first kappa shape index (κ1) is 23.4. The number of amides is 1. The van der Waals surface area contributed by atoms with Gasteiger partial charge in [-0.25, -0.2) is 17.9 Å². The van der Waals surface area contributed by atoms with Gasteiger partial charge in [0, 0.05) is 42.7 Å². The predicted octanol–water partition coefficient (Wildman–Crippen LogP) is 3.79. The lowest BCUT2D eigenvalue weighted by Crippen LogP contribution is -2.32. The van der Waals surface area contributed by atoms with E-state index in [-0.39, 0.29) is 17.2 Å². The molecule has 3 heterocycles. The minimum Gasteiger partial charge on any atom is -0.326 e. The minimum absolute atomic E-state index is 0.171. The maximum absolute atomic E-state index is 13.1. The molecule has 4 rings (SSSR count). The molecule has 1 N–H and O–H groups in total. The van der Waals surface area contributed by atoms with Crippen molar-refractivity contribution in [3.05, 3.63) is 53.0 Å². The lowest BCUT2D eigenvalue weighted by Gasteiger charge is -2.20. The van der Waals surface area contributed by atoms with Crippen LogP contribution in [0, 0.1) is 20.8 Å². The number of anilines is 1. The molecule has 0 radical (unpaired) electrons. The second-order valence-electron chi connectivity index (χ2n) is 8.71. The number of fused-ring (bicyclic) bond motifs is 1. The summed E-state index contributed by atoms with van der Waals surface area (Å²) in [5, 5.41) is 7.33. The largest absolute Gasteiger partial charge is 0.326 e. The predicted molar refractivity (Wildman–Crippen MR) is 128 cm³/mol. The third-order valence-corrected chi connectivity index (χ3v) is 8.10. The standard InChI is InChI=1S/C24H31N5O3S/c1-17-15-23-25-18(2)22(19(3)29(23)27-17)11-12-24(30)26-20-9-8-10-21(16-20)33(31,32)28-13-6-4-5-7-14-28/h8-10,15-16H,4-7,11-14H2,1-3H3,(H,26,30). The summed E-state index contributed by atoms with van der Waals surface area (Å²) < 4.78 is 29.5. The van der Waals surface area contributed by atoms with Gasteiger partial charge in [-0.05, 0) is 63.8 Å². The molecule has 0 aliphatic carbocycles. The van der Waals surface area contributed by atoms with Crippen LogP contribution in [0.1, 0.15) is 54.7 Å². The molecule has 33 heavy (non-hydrogen) atoms. The Bertz CT molecular complexity index is 1270. The van der Waals surface area contributed by atoms with E-state index >= 15 is 0 Å². The number of rotatable bonds is 6. The van der Waals surface area contributed by atoms with Crippen molar-refractivity contribution in [1.82, 2.24) is 18.9 Å². The fraction of sp³-hybridized carbons (Fsp3) is 0.458. The maximum atomic E-state index is 13.1. The van der Waals surface area contributed by atoms with Crippen LogP contribution in [0.2, 0.25) is 0 Å². The van der Waals surface area contributed by atoms with Crippen molar-refractivity contribution < 1.29 is 13.2 Å². The topological polar surface area (TPSA) is 96.7 Å². The first-order chi connectivity index (χ1) is 15.8. The van der Waals surface area contributed by atoms with Gasteiger partial charge in [-0.3, -0.25) is 4.79 Å². The summed E-state index contributed by atoms with van der Waals surface area (Å²) in [5.74, 6) is -0.171. The number of benzene rings is 1. The quantitative estimate of drug-likeness (QED) is 0.592. The Morgan fingerprint density at radius 1 is 1.06 bits per heavy atom. The van der Waals surface area contributed by atoms with Gasteiger partial charge in [0.15, 0.2) is 5.65 Å². The van der Waals surface area contributed by atoms with Gasteiger partial charge < -0.3 is 5.32 Å². The Labute approximate surface area is 195 Å². The normalized spacial score (nSPS) is 15.5. The van der Waals surface area contributed by atoms with E-state index in [0.717, 1.165) is 54.0 Å². The Morgan fingerprint density at radius 2 is 1.79 bits per heavy atom. The second-order valence-corrected chi connectivity index (χ2v) is 10.6. The summed E-state index contributed by atoms with van der Waals surface area (Å²) >= 11 is 0. The highest BCUT2D eigenvalue weighted by Crippen LogP contribution is 2.23. The van der Waals surface area contributed by atoms with Crippen molar-refractivity contribution in [2.45, 2.75) is 64.2 Å². The zero-order valence-electron chi connectivity index (χ0n) is 19.5. The van der Waals surface area contributed by atoms with E-state index in [0.29, 0.717) is 25.2 Å². The van der Waals surface area contributed by atoms with E-state index < -0.39 is 10.0 Å². The number of hydrogen-bond donors (Lipinski definition) is 1. The Morgan fingerprint density at radius 3 is 2.52 bits per heavy atom. The van der Waals surface area contributed by atoms with Crippen LogP contribution in [-0.2, 0) is 21.2 Å². The maximum Gasteiger partial charge on any atom is 0.243 e. The molecule has 1 aromatic carbocycles. The number of carbonyl (C=O) groups is 1. The lowest BCUT2D eigenvalue weighted by atomic mass is 10.1. The first-order valence-corrected chi connectivity index (χ1v) is 12.9. The molecule has 1 saturated heterocycles. The average molecular weight is 470 g/mol. The van der Waals surface area contributed by atoms with Crippen molar-refractivity contribution in [3.8, 4) is 0 Å². The Hall–Kier alpha value is -2.78. The molecule has 0 spiro atoms. The Balaban J connectivity index is 1.45. The fourth-order valence-electron chi connectivity index (χ4n) is 4.43. The van der Waals surface area contributed by atoms with E-state index in [1.165, 1.54) is 0 Å². The summed E-state index contributed by atoms with van der Waals surface area (Å²) in [5.41, 5.74) is 5.05. The summed E-state index contributed by atoms with van der Waals surface area (Å²) in [6.07, 6.45) is 4.67. The van der Waals surface area contributed by atoms with Gasteiger partial charge in [0.05, 0.1) is 10.6 Å². The van der Waals surface area contributed by atoms with Crippen LogP contribution in [-0.4, -0.2) is 46.3 Å². The smallest absolute Gasteiger partial charge is 0.243 e. The van der Waals surface area contributed by atoms with Crippen LogP contribution in [0.25, 0.3) is 5.65 Å². The molecule has 0 atom stereocenters. The van der Waals surface area contributed by atoms with E-state index in [4.69, 9.17) is 0 Å². The summed E-state index contributed by atoms with van der Waals surface area (Å²) in [6, 6.07) is 8.47. The number of nitrogens with one attached hydrogen (secondary N) is 1. The first-order valence-electron chi connectivity index (χ1n) is 11.5. The van der Waals surface area contributed by atoms with Crippen LogP contribution in [0.3, 0.4) is 0 Å². The highest BCUT2D eigenvalue weighted by molar-refractivity contribution is 7.89. The molecule has 1 aliphatic heterocycles. The highest BCUT2D eigenvalue weighted by Gasteiger charge is 2.25. The second kappa shape index (κ2) is 9.61. The molecule has 1 fully saturated rings. The lowest BCUT2D eigenvalue weighted by molar-refractivity contribution is -0.116. The van der Waals surface area contributed by atoms with Crippen LogP contribution < -0.4 is 5.32 Å². The third kappa shape index (κ3) is 5.09. The number of aryl methyl sites for hydroxylation is 3. The number of aromatic nitrogens is 3. The molecular weight excluding hydrogens is 438 g/mol. The van der Waals surface area contributed by atoms with Crippen LogP contribution in [0.5, 0.6) is 0 Å². The van der Waals surface area contributed by atoms with Crippen molar-refractivity contribution in [3.63, 3.8) is 0 Å². The minimum atomic E-state index is -3.56. The number of nitrogens with zero attached hydrogens (tertiary/aromatic N) is 4. The fourth-order valence-corrected chi connectivity index (χ4v) is 5.99. The number of hydrogen-bond acceptors (Lipinski definition) is 5. The third-order valence-electron chi connectivity index (χ3n) is 6.21. The van der Waals surface area contributed by atoms with Gasteiger partial charge in [0.25, 0.3) is 0 Å². The van der Waals surface area contributed by atoms with Crippen molar-refractivity contribution in [1.29, 1.82) is 0 Å². The van der Waals surface area contributed by atoms with Crippen molar-refractivity contribution >= 4 is 27.3 Å². The van der Waals surface area contributed by atoms with Gasteiger partial charge in [-0.1, -0.05) is 18.9 Å². The van der Waals surface area contributed by atoms with Crippen LogP contribution in [0.15, 0.2) is 35.2 Å². The molecule has 9 heteroatoms. The average Bonchev–Trinajstić information content (AvgIpc) is 2.97. The number of carbonyl (C=O) groups excluding carboxylic acids is 1. The highest BCUT2D eigenvalue weighted by atomic mass is 32.2. The summed E-state index contributed by atoms with van der Waals surface area (Å²) in [4.78, 5) is 17.5. The van der Waals surface area contributed by atoms with Crippen molar-refractivity contribution in [2.24, 2.45) is 0 Å². The van der Waals surface area contributed by atoms with Crippen LogP contribution >= 0.6 is 0 Å². The molecule has 8 nitrogen and oxygen atoms in total. The van der Waals surface area contributed by atoms with Gasteiger partial charge in [-0.2, -0.15) is 9.40 Å². The molecule has 0 saturated carbocycles. The van der Waals surface area contributed by atoms with E-state index in [1.807, 2.05) is 31.4 Å². The molecular formula is C24H31N5O3S. The molecule has 176 valence electrons. The zero-order chi connectivity index (χ0) is 23.6. The van der Waals surface area contributed by atoms with Crippen LogP contribution in [0.4, 0.5) is 5.69 Å². The van der Waals surface area contributed by atoms with Gasteiger partial charge in [0.2, 0.25) is 15.9 Å². The van der Waals surface area contributed by atoms with Gasteiger partial charge in [-0.15, -0.1) is 0 Å². The van der Waals surface area contributed by atoms with Gasteiger partial charge in [0.1, 0.15) is 0 Å². The van der Waals surface area contributed by atoms with Gasteiger partial charge >= 0.3 is 0 Å². The molecule has 3 aromatic rings. The molecule has 0 unspecified atom stereocenters. The molecule has 2 aromatic heterocycles. The SMILES string of the molecule is Cc1cc2nc(C)c(CCC(=O)Nc3cccc(S(=O)(=O)N4CCCCCC4)c3)c(C)n2n1. The molecule has 1 amide bonds. The summed E-state index contributed by atoms with van der Waals surface area (Å²) in [7, 11) is -3.56. The summed E-state index contributed by atoms with van der Waals surface area (Å²) in [6.45, 7) is 6.95. The van der Waals surface area contributed by atoms with Crippen molar-refractivity contribution in [2.75, 3.05) is 18.4 Å².